The van der Waals surface area contributed by atoms with Crippen molar-refractivity contribution in [3.8, 4) is 5.69 Å². The summed E-state index contributed by atoms with van der Waals surface area (Å²) in [5.74, 6) is 0.357. The van der Waals surface area contributed by atoms with Crippen molar-refractivity contribution in [2.24, 2.45) is 0 Å². The molecule has 0 radical (unpaired) electrons. The van der Waals surface area contributed by atoms with Crippen molar-refractivity contribution < 1.29 is 9.18 Å². The van der Waals surface area contributed by atoms with Gasteiger partial charge < -0.3 is 4.90 Å². The van der Waals surface area contributed by atoms with Crippen LogP contribution >= 0.6 is 0 Å². The molecule has 1 saturated heterocycles. The van der Waals surface area contributed by atoms with Crippen molar-refractivity contribution in [2.45, 2.75) is 32.2 Å². The van der Waals surface area contributed by atoms with Crippen molar-refractivity contribution in [1.82, 2.24) is 25.1 Å². The van der Waals surface area contributed by atoms with Gasteiger partial charge in [-0.15, -0.1) is 5.10 Å². The molecule has 0 aliphatic carbocycles. The van der Waals surface area contributed by atoms with Crippen LogP contribution in [0.4, 0.5) is 4.39 Å². The zero-order valence-corrected chi connectivity index (χ0v) is 15.0. The summed E-state index contributed by atoms with van der Waals surface area (Å²) in [5, 5.41) is 11.5. The zero-order chi connectivity index (χ0) is 18.8. The molecule has 1 amide bonds. The second-order valence-electron chi connectivity index (χ2n) is 6.75. The van der Waals surface area contributed by atoms with E-state index >= 15 is 0 Å². The van der Waals surface area contributed by atoms with Gasteiger partial charge in [0.25, 0.3) is 5.91 Å². The predicted molar refractivity (Wildman–Crippen MR) is 97.9 cm³/mol. The fraction of sp³-hybridized carbons (Fsp3) is 0.300. The van der Waals surface area contributed by atoms with Gasteiger partial charge in [-0.25, -0.2) is 4.39 Å². The van der Waals surface area contributed by atoms with Crippen LogP contribution in [0.1, 0.15) is 47.1 Å². The van der Waals surface area contributed by atoms with E-state index in [4.69, 9.17) is 0 Å². The van der Waals surface area contributed by atoms with Gasteiger partial charge in [-0.05, 0) is 72.5 Å². The van der Waals surface area contributed by atoms with Crippen molar-refractivity contribution in [3.05, 3.63) is 71.3 Å². The number of piperidine rings is 1. The van der Waals surface area contributed by atoms with E-state index in [2.05, 4.69) is 15.5 Å². The molecular formula is C20H20FN5O. The van der Waals surface area contributed by atoms with Crippen molar-refractivity contribution in [1.29, 1.82) is 0 Å². The second-order valence-corrected chi connectivity index (χ2v) is 6.75. The molecule has 1 aliphatic heterocycles. The number of aryl methyl sites for hydroxylation is 1. The van der Waals surface area contributed by atoms with E-state index in [1.807, 2.05) is 36.1 Å². The molecule has 1 aromatic heterocycles. The Kier molecular flexibility index (Phi) is 4.66. The normalized spacial score (nSPS) is 17.1. The quantitative estimate of drug-likeness (QED) is 0.713. The maximum absolute atomic E-state index is 13.3. The predicted octanol–water partition coefficient (Wildman–Crippen LogP) is 3.48. The third-order valence-electron chi connectivity index (χ3n) is 4.98. The third-order valence-corrected chi connectivity index (χ3v) is 4.98. The van der Waals surface area contributed by atoms with E-state index in [1.165, 1.54) is 12.1 Å². The number of nitrogens with zero attached hydrogens (tertiary/aromatic N) is 5. The van der Waals surface area contributed by atoms with Gasteiger partial charge in [-0.3, -0.25) is 4.79 Å². The second kappa shape index (κ2) is 7.26. The summed E-state index contributed by atoms with van der Waals surface area (Å²) in [6, 6.07) is 13.7. The van der Waals surface area contributed by atoms with Crippen LogP contribution in [0.2, 0.25) is 0 Å². The van der Waals surface area contributed by atoms with E-state index in [0.717, 1.165) is 30.5 Å². The Bertz CT molecular complexity index is 953. The van der Waals surface area contributed by atoms with Gasteiger partial charge in [0.1, 0.15) is 5.82 Å². The van der Waals surface area contributed by atoms with Crippen LogP contribution in [0, 0.1) is 12.7 Å². The van der Waals surface area contributed by atoms with Gasteiger partial charge in [0.15, 0.2) is 5.82 Å². The van der Waals surface area contributed by atoms with Crippen LogP contribution in [-0.2, 0) is 0 Å². The first-order chi connectivity index (χ1) is 13.1. The lowest BCUT2D eigenvalue weighted by atomic mass is 9.94. The highest BCUT2D eigenvalue weighted by atomic mass is 19.1. The van der Waals surface area contributed by atoms with E-state index in [-0.39, 0.29) is 17.8 Å². The first kappa shape index (κ1) is 17.3. The van der Waals surface area contributed by atoms with Crippen LogP contribution in [0.3, 0.4) is 0 Å². The summed E-state index contributed by atoms with van der Waals surface area (Å²) in [7, 11) is 0. The fourth-order valence-corrected chi connectivity index (χ4v) is 3.61. The van der Waals surface area contributed by atoms with Crippen molar-refractivity contribution in [3.63, 3.8) is 0 Å². The molecule has 0 bridgehead atoms. The molecule has 3 aromatic rings. The Morgan fingerprint density at radius 1 is 1.15 bits per heavy atom. The molecule has 2 heterocycles. The molecule has 2 aromatic carbocycles. The number of amides is 1. The third kappa shape index (κ3) is 3.45. The fourth-order valence-electron chi connectivity index (χ4n) is 3.61. The average Bonchev–Trinajstić information content (AvgIpc) is 3.14. The highest BCUT2D eigenvalue weighted by Crippen LogP contribution is 2.32. The molecule has 1 unspecified atom stereocenters. The minimum Gasteiger partial charge on any atom is -0.332 e. The number of rotatable bonds is 3. The largest absolute Gasteiger partial charge is 0.332 e. The maximum atomic E-state index is 13.3. The molecule has 1 aliphatic rings. The summed E-state index contributed by atoms with van der Waals surface area (Å²) < 4.78 is 14.9. The molecule has 0 saturated carbocycles. The number of hydrogen-bond acceptors (Lipinski definition) is 4. The van der Waals surface area contributed by atoms with Crippen LogP contribution in [0.5, 0.6) is 0 Å². The number of halogens is 1. The van der Waals surface area contributed by atoms with E-state index in [9.17, 15) is 9.18 Å². The number of likely N-dealkylation sites (tertiary alicyclic amines) is 1. The molecule has 138 valence electrons. The molecule has 1 atom stereocenters. The topological polar surface area (TPSA) is 63.9 Å². The SMILES string of the molecule is Cc1nnnn1-c1cccc(C(=O)N2CCCCC2c2ccc(F)cc2)c1. The van der Waals surface area contributed by atoms with E-state index in [1.54, 1.807) is 16.8 Å². The summed E-state index contributed by atoms with van der Waals surface area (Å²) in [5.41, 5.74) is 2.31. The van der Waals surface area contributed by atoms with Gasteiger partial charge in [0.2, 0.25) is 0 Å². The van der Waals surface area contributed by atoms with Gasteiger partial charge in [-0.2, -0.15) is 4.68 Å². The van der Waals surface area contributed by atoms with Crippen LogP contribution in [0.15, 0.2) is 48.5 Å². The van der Waals surface area contributed by atoms with Crippen LogP contribution in [-0.4, -0.2) is 37.6 Å². The molecular weight excluding hydrogens is 345 g/mol. The minimum atomic E-state index is -0.267. The van der Waals surface area contributed by atoms with Gasteiger partial charge in [-0.1, -0.05) is 18.2 Å². The summed E-state index contributed by atoms with van der Waals surface area (Å²) in [6.45, 7) is 2.50. The number of aromatic nitrogens is 4. The van der Waals surface area contributed by atoms with Gasteiger partial charge in [0.05, 0.1) is 11.7 Å². The summed E-state index contributed by atoms with van der Waals surface area (Å²) in [6.07, 6.45) is 2.90. The number of hydrogen-bond donors (Lipinski definition) is 0. The number of carbonyl (C=O) groups is 1. The monoisotopic (exact) mass is 365 g/mol. The number of benzene rings is 2. The van der Waals surface area contributed by atoms with Crippen molar-refractivity contribution >= 4 is 5.91 Å². The van der Waals surface area contributed by atoms with Crippen molar-refractivity contribution in [2.75, 3.05) is 6.54 Å². The summed E-state index contributed by atoms with van der Waals surface area (Å²) in [4.78, 5) is 15.1. The lowest BCUT2D eigenvalue weighted by Crippen LogP contribution is -2.38. The number of carbonyl (C=O) groups excluding carboxylic acids is 1. The highest BCUT2D eigenvalue weighted by molar-refractivity contribution is 5.95. The minimum absolute atomic E-state index is 0.0309. The first-order valence-corrected chi connectivity index (χ1v) is 9.05. The van der Waals surface area contributed by atoms with Gasteiger partial charge in [0, 0.05) is 12.1 Å². The first-order valence-electron chi connectivity index (χ1n) is 9.05. The van der Waals surface area contributed by atoms with E-state index < -0.39 is 0 Å². The molecule has 7 heteroatoms. The van der Waals surface area contributed by atoms with Crippen LogP contribution < -0.4 is 0 Å². The lowest BCUT2D eigenvalue weighted by Gasteiger charge is -2.36. The number of tetrazole rings is 1. The Morgan fingerprint density at radius 2 is 1.96 bits per heavy atom. The smallest absolute Gasteiger partial charge is 0.254 e. The average molecular weight is 365 g/mol. The highest BCUT2D eigenvalue weighted by Gasteiger charge is 2.29. The summed E-state index contributed by atoms with van der Waals surface area (Å²) >= 11 is 0. The molecule has 0 spiro atoms. The van der Waals surface area contributed by atoms with Crippen LogP contribution in [0.25, 0.3) is 5.69 Å². The Balaban J connectivity index is 1.64. The molecule has 27 heavy (non-hydrogen) atoms. The maximum Gasteiger partial charge on any atom is 0.254 e. The molecule has 4 rings (SSSR count). The Hall–Kier alpha value is -3.09. The Morgan fingerprint density at radius 3 is 2.70 bits per heavy atom. The van der Waals surface area contributed by atoms with E-state index in [0.29, 0.717) is 17.9 Å². The molecule has 0 N–H and O–H groups in total. The molecule has 6 nitrogen and oxygen atoms in total. The van der Waals surface area contributed by atoms with Gasteiger partial charge >= 0.3 is 0 Å². The standard InChI is InChI=1S/C20H20FN5O/c1-14-22-23-24-26(14)18-6-4-5-16(13-18)20(27)25-12-3-2-7-19(25)15-8-10-17(21)11-9-15/h4-6,8-11,13,19H,2-3,7,12H2,1H3. The Labute approximate surface area is 156 Å². The lowest BCUT2D eigenvalue weighted by molar-refractivity contribution is 0.0611. The molecule has 1 fully saturated rings. The zero-order valence-electron chi connectivity index (χ0n) is 15.0.